The molecule has 0 fully saturated rings. The van der Waals surface area contributed by atoms with Crippen LogP contribution in [0.3, 0.4) is 0 Å². The van der Waals surface area contributed by atoms with Gasteiger partial charge in [-0.25, -0.2) is 0 Å². The van der Waals surface area contributed by atoms with Crippen LogP contribution in [0.2, 0.25) is 0 Å². The maximum Gasteiger partial charge on any atom is 0.191 e. The fourth-order valence-corrected chi connectivity index (χ4v) is 2.77. The number of aromatic nitrogens is 3. The number of ether oxygens (including phenoxy) is 1. The molecule has 1 aromatic carbocycles. The summed E-state index contributed by atoms with van der Waals surface area (Å²) in [6.45, 7) is 4.75. The lowest BCUT2D eigenvalue weighted by Gasteiger charge is -2.05. The highest BCUT2D eigenvalue weighted by atomic mass is 32.2. The third kappa shape index (κ3) is 3.19. The summed E-state index contributed by atoms with van der Waals surface area (Å²) in [6.07, 6.45) is 0. The Kier molecular flexibility index (Phi) is 4.79. The molecule has 2 rings (SSSR count). The van der Waals surface area contributed by atoms with Crippen molar-refractivity contribution < 1.29 is 9.53 Å². The molecule has 1 heterocycles. The summed E-state index contributed by atoms with van der Waals surface area (Å²) in [5.74, 6) is 2.04. The highest BCUT2D eigenvalue weighted by molar-refractivity contribution is 7.99. The lowest BCUT2D eigenvalue weighted by molar-refractivity contribution is 0.102. The molecule has 0 bridgehead atoms. The average Bonchev–Trinajstić information content (AvgIpc) is 2.85. The summed E-state index contributed by atoms with van der Waals surface area (Å²) < 4.78 is 7.07. The number of carbonyl (C=O) groups is 1. The number of methoxy groups -OCH3 is 1. The van der Waals surface area contributed by atoms with E-state index in [0.717, 1.165) is 23.3 Å². The maximum atomic E-state index is 12.1. The Labute approximate surface area is 122 Å². The molecule has 2 aromatic rings. The van der Waals surface area contributed by atoms with Gasteiger partial charge < -0.3 is 9.30 Å². The molecule has 0 amide bonds. The Morgan fingerprint density at radius 3 is 2.60 bits per heavy atom. The molecule has 0 aliphatic rings. The third-order valence-corrected chi connectivity index (χ3v) is 3.93. The van der Waals surface area contributed by atoms with Gasteiger partial charge in [-0.1, -0.05) is 11.8 Å². The van der Waals surface area contributed by atoms with Gasteiger partial charge in [-0.2, -0.15) is 0 Å². The van der Waals surface area contributed by atoms with Gasteiger partial charge in [0.2, 0.25) is 0 Å². The average molecular weight is 291 g/mol. The molecule has 20 heavy (non-hydrogen) atoms. The summed E-state index contributed by atoms with van der Waals surface area (Å²) in [4.78, 5) is 12.1. The van der Waals surface area contributed by atoms with E-state index in [-0.39, 0.29) is 5.78 Å². The monoisotopic (exact) mass is 291 g/mol. The Hall–Kier alpha value is -1.82. The SMILES string of the molecule is CCn1c(C)nnc1SCC(=O)c1ccc(OC)cc1. The minimum absolute atomic E-state index is 0.0703. The summed E-state index contributed by atoms with van der Waals surface area (Å²) in [7, 11) is 1.60. The molecule has 0 unspecified atom stereocenters. The van der Waals surface area contributed by atoms with E-state index in [0.29, 0.717) is 11.3 Å². The Balaban J connectivity index is 2.00. The van der Waals surface area contributed by atoms with Gasteiger partial charge in [0.1, 0.15) is 11.6 Å². The van der Waals surface area contributed by atoms with Gasteiger partial charge in [-0.15, -0.1) is 10.2 Å². The first kappa shape index (κ1) is 14.6. The van der Waals surface area contributed by atoms with Crippen LogP contribution in [-0.2, 0) is 6.54 Å². The van der Waals surface area contributed by atoms with Crippen LogP contribution in [0, 0.1) is 6.92 Å². The highest BCUT2D eigenvalue weighted by Crippen LogP contribution is 2.19. The quantitative estimate of drug-likeness (QED) is 0.605. The second-order valence-electron chi connectivity index (χ2n) is 4.21. The zero-order chi connectivity index (χ0) is 14.5. The molecule has 0 saturated carbocycles. The van der Waals surface area contributed by atoms with E-state index in [1.807, 2.05) is 18.4 Å². The number of Topliss-reactive ketones (excluding diaryl/α,β-unsaturated/α-hetero) is 1. The zero-order valence-corrected chi connectivity index (χ0v) is 12.6. The molecule has 0 atom stereocenters. The van der Waals surface area contributed by atoms with E-state index in [1.165, 1.54) is 11.8 Å². The molecule has 5 nitrogen and oxygen atoms in total. The molecule has 0 aliphatic heterocycles. The number of aryl methyl sites for hydroxylation is 1. The van der Waals surface area contributed by atoms with Crippen LogP contribution in [0.15, 0.2) is 29.4 Å². The number of hydrogen-bond donors (Lipinski definition) is 0. The first-order valence-electron chi connectivity index (χ1n) is 6.35. The molecule has 0 aliphatic carbocycles. The largest absolute Gasteiger partial charge is 0.497 e. The predicted molar refractivity (Wildman–Crippen MR) is 78.5 cm³/mol. The molecule has 6 heteroatoms. The van der Waals surface area contributed by atoms with Crippen molar-refractivity contribution in [2.75, 3.05) is 12.9 Å². The van der Waals surface area contributed by atoms with Crippen LogP contribution in [0.25, 0.3) is 0 Å². The number of rotatable bonds is 6. The fourth-order valence-electron chi connectivity index (χ4n) is 1.82. The molecular formula is C14H17N3O2S. The summed E-state index contributed by atoms with van der Waals surface area (Å²) >= 11 is 1.41. The minimum atomic E-state index is 0.0703. The Bertz CT molecular complexity index is 593. The van der Waals surface area contributed by atoms with Crippen LogP contribution in [-0.4, -0.2) is 33.4 Å². The van der Waals surface area contributed by atoms with Crippen molar-refractivity contribution in [1.82, 2.24) is 14.8 Å². The lowest BCUT2D eigenvalue weighted by Crippen LogP contribution is -2.05. The topological polar surface area (TPSA) is 57.0 Å². The van der Waals surface area contributed by atoms with Crippen molar-refractivity contribution in [2.45, 2.75) is 25.5 Å². The fraction of sp³-hybridized carbons (Fsp3) is 0.357. The van der Waals surface area contributed by atoms with Crippen molar-refractivity contribution in [3.63, 3.8) is 0 Å². The van der Waals surface area contributed by atoms with Gasteiger partial charge in [-0.3, -0.25) is 4.79 Å². The van der Waals surface area contributed by atoms with Crippen molar-refractivity contribution in [3.8, 4) is 5.75 Å². The minimum Gasteiger partial charge on any atom is -0.497 e. The van der Waals surface area contributed by atoms with Gasteiger partial charge in [0.25, 0.3) is 0 Å². The van der Waals surface area contributed by atoms with Crippen LogP contribution in [0.5, 0.6) is 5.75 Å². The molecular weight excluding hydrogens is 274 g/mol. The van der Waals surface area contributed by atoms with Crippen LogP contribution < -0.4 is 4.74 Å². The summed E-state index contributed by atoms with van der Waals surface area (Å²) in [6, 6.07) is 7.13. The molecule has 0 radical (unpaired) electrons. The molecule has 0 N–H and O–H groups in total. The summed E-state index contributed by atoms with van der Waals surface area (Å²) in [5, 5.41) is 8.89. The first-order chi connectivity index (χ1) is 9.65. The van der Waals surface area contributed by atoms with E-state index in [9.17, 15) is 4.79 Å². The first-order valence-corrected chi connectivity index (χ1v) is 7.34. The smallest absolute Gasteiger partial charge is 0.191 e. The highest BCUT2D eigenvalue weighted by Gasteiger charge is 2.12. The van der Waals surface area contributed by atoms with Gasteiger partial charge in [0, 0.05) is 12.1 Å². The van der Waals surface area contributed by atoms with E-state index >= 15 is 0 Å². The van der Waals surface area contributed by atoms with Crippen molar-refractivity contribution in [2.24, 2.45) is 0 Å². The van der Waals surface area contributed by atoms with E-state index in [4.69, 9.17) is 4.74 Å². The van der Waals surface area contributed by atoms with Crippen LogP contribution in [0.1, 0.15) is 23.1 Å². The van der Waals surface area contributed by atoms with Gasteiger partial charge in [0.15, 0.2) is 10.9 Å². The van der Waals surface area contributed by atoms with E-state index in [2.05, 4.69) is 10.2 Å². The number of ketones is 1. The standard InChI is InChI=1S/C14H17N3O2S/c1-4-17-10(2)15-16-14(17)20-9-13(18)11-5-7-12(19-3)8-6-11/h5-8H,4,9H2,1-3H3. The Morgan fingerprint density at radius 1 is 1.30 bits per heavy atom. The molecule has 0 spiro atoms. The second-order valence-corrected chi connectivity index (χ2v) is 5.16. The number of carbonyl (C=O) groups excluding carboxylic acids is 1. The predicted octanol–water partition coefficient (Wildman–Crippen LogP) is 2.59. The molecule has 106 valence electrons. The maximum absolute atomic E-state index is 12.1. The second kappa shape index (κ2) is 6.56. The van der Waals surface area contributed by atoms with Crippen molar-refractivity contribution in [1.29, 1.82) is 0 Å². The van der Waals surface area contributed by atoms with E-state index < -0.39 is 0 Å². The number of hydrogen-bond acceptors (Lipinski definition) is 5. The van der Waals surface area contributed by atoms with Gasteiger partial charge in [-0.05, 0) is 38.1 Å². The molecule has 0 saturated heterocycles. The van der Waals surface area contributed by atoms with Crippen molar-refractivity contribution >= 4 is 17.5 Å². The number of benzene rings is 1. The zero-order valence-electron chi connectivity index (χ0n) is 11.8. The van der Waals surface area contributed by atoms with Crippen LogP contribution >= 0.6 is 11.8 Å². The van der Waals surface area contributed by atoms with Crippen molar-refractivity contribution in [3.05, 3.63) is 35.7 Å². The lowest BCUT2D eigenvalue weighted by atomic mass is 10.1. The summed E-state index contributed by atoms with van der Waals surface area (Å²) in [5.41, 5.74) is 0.678. The number of nitrogens with zero attached hydrogens (tertiary/aromatic N) is 3. The molecule has 1 aromatic heterocycles. The van der Waals surface area contributed by atoms with Gasteiger partial charge in [0.05, 0.1) is 12.9 Å². The third-order valence-electron chi connectivity index (χ3n) is 2.96. The van der Waals surface area contributed by atoms with Gasteiger partial charge >= 0.3 is 0 Å². The van der Waals surface area contributed by atoms with E-state index in [1.54, 1.807) is 31.4 Å². The normalized spacial score (nSPS) is 10.6. The Morgan fingerprint density at radius 2 is 2.00 bits per heavy atom. The number of thioether (sulfide) groups is 1. The van der Waals surface area contributed by atoms with Crippen LogP contribution in [0.4, 0.5) is 0 Å².